The number of piperidine rings is 1. The Bertz CT molecular complexity index is 1040. The lowest BCUT2D eigenvalue weighted by molar-refractivity contribution is -0.0222. The molecule has 1 saturated heterocycles. The van der Waals surface area contributed by atoms with E-state index in [2.05, 4.69) is 15.1 Å². The summed E-state index contributed by atoms with van der Waals surface area (Å²) < 4.78 is 28.0. The third-order valence-electron chi connectivity index (χ3n) is 5.03. The third kappa shape index (κ3) is 4.47. The summed E-state index contributed by atoms with van der Waals surface area (Å²) in [6.45, 7) is 2.83. The molecule has 3 aromatic rings. The van der Waals surface area contributed by atoms with Crippen LogP contribution in [0.5, 0.6) is 0 Å². The molecule has 4 rings (SSSR count). The van der Waals surface area contributed by atoms with E-state index in [-0.39, 0.29) is 31.5 Å². The highest BCUT2D eigenvalue weighted by molar-refractivity contribution is 5.56. The number of alkyl halides is 2. The molecule has 150 valence electrons. The van der Waals surface area contributed by atoms with Crippen molar-refractivity contribution in [1.29, 1.82) is 0 Å². The van der Waals surface area contributed by atoms with Crippen LogP contribution in [-0.4, -0.2) is 38.8 Å². The van der Waals surface area contributed by atoms with Gasteiger partial charge in [-0.05, 0) is 18.6 Å². The quantitative estimate of drug-likeness (QED) is 0.676. The van der Waals surface area contributed by atoms with E-state index >= 15 is 0 Å². The molecule has 8 heteroatoms. The lowest BCUT2D eigenvalue weighted by Gasteiger charge is -2.31. The summed E-state index contributed by atoms with van der Waals surface area (Å²) >= 11 is 0. The van der Waals surface area contributed by atoms with Crippen molar-refractivity contribution < 1.29 is 8.78 Å². The van der Waals surface area contributed by atoms with Gasteiger partial charge in [0, 0.05) is 50.0 Å². The van der Waals surface area contributed by atoms with Crippen LogP contribution in [0.15, 0.2) is 53.6 Å². The van der Waals surface area contributed by atoms with Crippen LogP contribution in [0.3, 0.4) is 0 Å². The summed E-state index contributed by atoms with van der Waals surface area (Å²) in [5.41, 5.74) is 3.18. The number of benzene rings is 1. The standard InChI is InChI=1S/C21H21F2N5O/c1-15-2-4-16(5-3-15)14-28-19(29)7-6-18(26-28)17-12-24-20(25-13-17)27-10-8-21(22,23)9-11-27/h2-7,12-13H,8-11,14H2,1H3. The molecule has 0 atom stereocenters. The van der Waals surface area contributed by atoms with E-state index < -0.39 is 5.92 Å². The normalized spacial score (nSPS) is 16.0. The van der Waals surface area contributed by atoms with Gasteiger partial charge in [0.15, 0.2) is 0 Å². The van der Waals surface area contributed by atoms with E-state index in [0.29, 0.717) is 23.8 Å². The average Bonchev–Trinajstić information content (AvgIpc) is 2.71. The van der Waals surface area contributed by atoms with E-state index in [9.17, 15) is 13.6 Å². The molecule has 0 aliphatic carbocycles. The summed E-state index contributed by atoms with van der Waals surface area (Å²) in [5.74, 6) is -2.18. The number of hydrogen-bond donors (Lipinski definition) is 0. The van der Waals surface area contributed by atoms with Crippen molar-refractivity contribution in [2.24, 2.45) is 0 Å². The van der Waals surface area contributed by atoms with Gasteiger partial charge < -0.3 is 4.90 Å². The first-order chi connectivity index (χ1) is 13.9. The molecule has 0 saturated carbocycles. The molecule has 3 heterocycles. The van der Waals surface area contributed by atoms with Gasteiger partial charge in [0.05, 0.1) is 12.2 Å². The minimum Gasteiger partial charge on any atom is -0.340 e. The van der Waals surface area contributed by atoms with Gasteiger partial charge in [0.2, 0.25) is 5.95 Å². The molecule has 6 nitrogen and oxygen atoms in total. The highest BCUT2D eigenvalue weighted by Gasteiger charge is 2.34. The predicted octanol–water partition coefficient (Wildman–Crippen LogP) is 3.29. The van der Waals surface area contributed by atoms with Gasteiger partial charge in [-0.25, -0.2) is 23.4 Å². The summed E-state index contributed by atoms with van der Waals surface area (Å²) in [6, 6.07) is 11.0. The Morgan fingerprint density at radius 2 is 1.66 bits per heavy atom. The maximum absolute atomic E-state index is 13.3. The van der Waals surface area contributed by atoms with Crippen LogP contribution in [0, 0.1) is 6.92 Å². The van der Waals surface area contributed by atoms with Crippen molar-refractivity contribution in [3.05, 3.63) is 70.3 Å². The lowest BCUT2D eigenvalue weighted by Crippen LogP contribution is -2.40. The molecular formula is C21H21F2N5O. The Balaban J connectivity index is 1.52. The zero-order chi connectivity index (χ0) is 20.4. The number of aromatic nitrogens is 4. The molecule has 0 unspecified atom stereocenters. The Morgan fingerprint density at radius 3 is 2.31 bits per heavy atom. The second-order valence-electron chi connectivity index (χ2n) is 7.31. The van der Waals surface area contributed by atoms with E-state index in [1.54, 1.807) is 23.4 Å². The Hall–Kier alpha value is -3.16. The number of hydrogen-bond acceptors (Lipinski definition) is 5. The molecule has 0 bridgehead atoms. The topological polar surface area (TPSA) is 63.9 Å². The van der Waals surface area contributed by atoms with Gasteiger partial charge in [0.1, 0.15) is 0 Å². The third-order valence-corrected chi connectivity index (χ3v) is 5.03. The molecule has 2 aromatic heterocycles. The second kappa shape index (κ2) is 7.69. The van der Waals surface area contributed by atoms with Crippen LogP contribution in [0.2, 0.25) is 0 Å². The van der Waals surface area contributed by atoms with Gasteiger partial charge in [-0.2, -0.15) is 5.10 Å². The summed E-state index contributed by atoms with van der Waals surface area (Å²) in [7, 11) is 0. The van der Waals surface area contributed by atoms with Gasteiger partial charge in [-0.1, -0.05) is 29.8 Å². The van der Waals surface area contributed by atoms with E-state index in [0.717, 1.165) is 11.1 Å². The van der Waals surface area contributed by atoms with Gasteiger partial charge >= 0.3 is 0 Å². The first-order valence-electron chi connectivity index (χ1n) is 9.49. The molecule has 0 radical (unpaired) electrons. The largest absolute Gasteiger partial charge is 0.340 e. The monoisotopic (exact) mass is 397 g/mol. The molecule has 1 aliphatic rings. The molecule has 0 N–H and O–H groups in total. The number of anilines is 1. The molecular weight excluding hydrogens is 376 g/mol. The maximum Gasteiger partial charge on any atom is 0.267 e. The number of rotatable bonds is 4. The molecule has 29 heavy (non-hydrogen) atoms. The van der Waals surface area contributed by atoms with Crippen LogP contribution in [0.25, 0.3) is 11.3 Å². The van der Waals surface area contributed by atoms with Gasteiger partial charge in [0.25, 0.3) is 11.5 Å². The molecule has 0 spiro atoms. The van der Waals surface area contributed by atoms with Crippen LogP contribution < -0.4 is 10.5 Å². The van der Waals surface area contributed by atoms with Crippen molar-refractivity contribution in [3.63, 3.8) is 0 Å². The van der Waals surface area contributed by atoms with Crippen molar-refractivity contribution >= 4 is 5.95 Å². The van der Waals surface area contributed by atoms with Crippen LogP contribution in [0.4, 0.5) is 14.7 Å². The van der Waals surface area contributed by atoms with Crippen molar-refractivity contribution in [1.82, 2.24) is 19.7 Å². The Labute approximate surface area is 166 Å². The Morgan fingerprint density at radius 1 is 1.00 bits per heavy atom. The van der Waals surface area contributed by atoms with Crippen molar-refractivity contribution in [2.45, 2.75) is 32.2 Å². The lowest BCUT2D eigenvalue weighted by atomic mass is 10.1. The number of aryl methyl sites for hydroxylation is 1. The summed E-state index contributed by atoms with van der Waals surface area (Å²) in [5, 5.41) is 4.43. The predicted molar refractivity (Wildman–Crippen MR) is 106 cm³/mol. The van der Waals surface area contributed by atoms with Crippen LogP contribution in [0.1, 0.15) is 24.0 Å². The first kappa shape index (κ1) is 19.2. The maximum atomic E-state index is 13.3. The fraction of sp³-hybridized carbons (Fsp3) is 0.333. The fourth-order valence-corrected chi connectivity index (χ4v) is 3.23. The van der Waals surface area contributed by atoms with Gasteiger partial charge in [-0.3, -0.25) is 4.79 Å². The minimum absolute atomic E-state index is 0.191. The second-order valence-corrected chi connectivity index (χ2v) is 7.31. The molecule has 0 amide bonds. The SMILES string of the molecule is Cc1ccc(Cn2nc(-c3cnc(N4CCC(F)(F)CC4)nc3)ccc2=O)cc1. The summed E-state index contributed by atoms with van der Waals surface area (Å²) in [6.07, 6.45) is 2.84. The van der Waals surface area contributed by atoms with E-state index in [4.69, 9.17) is 0 Å². The van der Waals surface area contributed by atoms with E-state index in [1.165, 1.54) is 10.7 Å². The zero-order valence-corrected chi connectivity index (χ0v) is 16.1. The van der Waals surface area contributed by atoms with Crippen LogP contribution in [-0.2, 0) is 6.54 Å². The first-order valence-corrected chi connectivity index (χ1v) is 9.49. The molecule has 1 aliphatic heterocycles. The fourth-order valence-electron chi connectivity index (χ4n) is 3.23. The highest BCUT2D eigenvalue weighted by Crippen LogP contribution is 2.29. The average molecular weight is 397 g/mol. The summed E-state index contributed by atoms with van der Waals surface area (Å²) in [4.78, 5) is 22.6. The highest BCUT2D eigenvalue weighted by atomic mass is 19.3. The minimum atomic E-state index is -2.61. The van der Waals surface area contributed by atoms with Crippen LogP contribution >= 0.6 is 0 Å². The number of nitrogens with zero attached hydrogens (tertiary/aromatic N) is 5. The number of halogens is 2. The van der Waals surface area contributed by atoms with Crippen molar-refractivity contribution in [3.8, 4) is 11.3 Å². The zero-order valence-electron chi connectivity index (χ0n) is 16.1. The Kier molecular flexibility index (Phi) is 5.08. The van der Waals surface area contributed by atoms with Crippen molar-refractivity contribution in [2.75, 3.05) is 18.0 Å². The molecule has 1 aromatic carbocycles. The van der Waals surface area contributed by atoms with Gasteiger partial charge in [-0.15, -0.1) is 0 Å². The smallest absolute Gasteiger partial charge is 0.267 e. The molecule has 1 fully saturated rings. The van der Waals surface area contributed by atoms with E-state index in [1.807, 2.05) is 31.2 Å².